The van der Waals surface area contributed by atoms with Crippen LogP contribution in [0.4, 0.5) is 10.8 Å². The van der Waals surface area contributed by atoms with E-state index < -0.39 is 5.25 Å². The van der Waals surface area contributed by atoms with Crippen molar-refractivity contribution in [1.29, 1.82) is 0 Å². The van der Waals surface area contributed by atoms with Crippen molar-refractivity contribution in [2.24, 2.45) is 5.92 Å². The van der Waals surface area contributed by atoms with E-state index in [1.54, 1.807) is 11.8 Å². The van der Waals surface area contributed by atoms with Crippen LogP contribution in [0.3, 0.4) is 0 Å². The molecule has 0 radical (unpaired) electrons. The second kappa shape index (κ2) is 12.4. The van der Waals surface area contributed by atoms with Crippen molar-refractivity contribution in [3.63, 3.8) is 0 Å². The van der Waals surface area contributed by atoms with Crippen LogP contribution in [0.5, 0.6) is 0 Å². The molecule has 4 rings (SSSR count). The molecule has 178 valence electrons. The summed E-state index contributed by atoms with van der Waals surface area (Å²) in [6.07, 6.45) is 5.43. The van der Waals surface area contributed by atoms with Crippen molar-refractivity contribution in [1.82, 2.24) is 9.36 Å². The summed E-state index contributed by atoms with van der Waals surface area (Å²) >= 11 is 4.21. The maximum Gasteiger partial charge on any atom is 0.244 e. The summed E-state index contributed by atoms with van der Waals surface area (Å²) in [4.78, 5) is 31.1. The lowest BCUT2D eigenvalue weighted by molar-refractivity contribution is -0.120. The number of thioether (sulfide) groups is 2. The highest BCUT2D eigenvalue weighted by atomic mass is 32.2. The Kier molecular flexibility index (Phi) is 9.01. The second-order valence-electron chi connectivity index (χ2n) is 8.06. The number of carbonyl (C=O) groups is 2. The van der Waals surface area contributed by atoms with Crippen LogP contribution in [0.25, 0.3) is 0 Å². The van der Waals surface area contributed by atoms with Gasteiger partial charge in [-0.15, -0.1) is 11.8 Å². The molecule has 1 aromatic heterocycles. The number of hydrogen-bond acceptors (Lipinski definition) is 7. The standard InChI is InChI=1S/C25H28N4O2S3/c1-2-32-25-28-24(34-29-25)27-23(31)21(17-9-5-3-6-10-17)33-20-15-13-19(14-16-20)26-22(30)18-11-7-4-8-12-18/h3,5-6,9-10,13-16,18,21H,2,4,7-8,11-12H2,1H3,(H,26,30)(H,27,28,29,31). The normalized spacial score (nSPS) is 15.0. The predicted octanol–water partition coefficient (Wildman–Crippen LogP) is 6.64. The van der Waals surface area contributed by atoms with E-state index in [-0.39, 0.29) is 17.7 Å². The summed E-state index contributed by atoms with van der Waals surface area (Å²) < 4.78 is 4.28. The van der Waals surface area contributed by atoms with E-state index in [2.05, 4.69) is 20.0 Å². The van der Waals surface area contributed by atoms with E-state index in [1.165, 1.54) is 29.7 Å². The zero-order valence-corrected chi connectivity index (χ0v) is 21.5. The molecule has 1 fully saturated rings. The van der Waals surface area contributed by atoms with Crippen LogP contribution < -0.4 is 10.6 Å². The molecule has 2 amide bonds. The maximum atomic E-state index is 13.2. The van der Waals surface area contributed by atoms with Crippen LogP contribution in [0.15, 0.2) is 64.6 Å². The molecule has 6 nitrogen and oxygen atoms in total. The van der Waals surface area contributed by atoms with E-state index in [9.17, 15) is 9.59 Å². The summed E-state index contributed by atoms with van der Waals surface area (Å²) in [6, 6.07) is 17.4. The van der Waals surface area contributed by atoms with Gasteiger partial charge in [0.1, 0.15) is 5.25 Å². The van der Waals surface area contributed by atoms with E-state index >= 15 is 0 Å². The molecule has 0 aliphatic heterocycles. The zero-order chi connectivity index (χ0) is 23.8. The first-order valence-corrected chi connectivity index (χ1v) is 14.2. The van der Waals surface area contributed by atoms with Gasteiger partial charge in [0.25, 0.3) is 0 Å². The molecule has 1 heterocycles. The molecule has 1 aliphatic rings. The fourth-order valence-electron chi connectivity index (χ4n) is 3.88. The molecule has 2 aromatic carbocycles. The van der Waals surface area contributed by atoms with Crippen molar-refractivity contribution in [3.05, 3.63) is 60.2 Å². The zero-order valence-electron chi connectivity index (χ0n) is 19.0. The second-order valence-corrected chi connectivity index (χ2v) is 11.2. The number of nitrogens with one attached hydrogen (secondary N) is 2. The van der Waals surface area contributed by atoms with Gasteiger partial charge < -0.3 is 5.32 Å². The molecule has 0 spiro atoms. The van der Waals surface area contributed by atoms with Crippen LogP contribution in [-0.4, -0.2) is 26.9 Å². The van der Waals surface area contributed by atoms with Crippen molar-refractivity contribution in [2.45, 2.75) is 54.3 Å². The number of carbonyl (C=O) groups excluding carboxylic acids is 2. The molecule has 3 aromatic rings. The quantitative estimate of drug-likeness (QED) is 0.313. The Morgan fingerprint density at radius 3 is 2.47 bits per heavy atom. The largest absolute Gasteiger partial charge is 0.326 e. The SMILES string of the molecule is CCSc1nsc(NC(=O)C(Sc2ccc(NC(=O)C3CCCCC3)cc2)c2ccccc2)n1. The van der Waals surface area contributed by atoms with Crippen molar-refractivity contribution in [3.8, 4) is 0 Å². The van der Waals surface area contributed by atoms with E-state index in [1.807, 2.05) is 61.5 Å². The first-order chi connectivity index (χ1) is 16.6. The molecule has 1 unspecified atom stereocenters. The topological polar surface area (TPSA) is 84.0 Å². The minimum atomic E-state index is -0.449. The monoisotopic (exact) mass is 512 g/mol. The van der Waals surface area contributed by atoms with Gasteiger partial charge in [-0.2, -0.15) is 9.36 Å². The Morgan fingerprint density at radius 1 is 1.03 bits per heavy atom. The van der Waals surface area contributed by atoms with Crippen LogP contribution in [-0.2, 0) is 9.59 Å². The third kappa shape index (κ3) is 6.84. The van der Waals surface area contributed by atoms with Gasteiger partial charge in [0.05, 0.1) is 0 Å². The fourth-order valence-corrected chi connectivity index (χ4v) is 6.18. The van der Waals surface area contributed by atoms with Crippen LogP contribution in [0, 0.1) is 5.92 Å². The molecular formula is C25H28N4O2S3. The Bertz CT molecular complexity index is 1080. The fraction of sp³-hybridized carbons (Fsp3) is 0.360. The molecule has 1 saturated carbocycles. The molecule has 0 bridgehead atoms. The Hall–Kier alpha value is -2.36. The lowest BCUT2D eigenvalue weighted by atomic mass is 9.88. The van der Waals surface area contributed by atoms with Gasteiger partial charge in [-0.3, -0.25) is 14.9 Å². The van der Waals surface area contributed by atoms with Gasteiger partial charge in [0, 0.05) is 28.0 Å². The molecule has 2 N–H and O–H groups in total. The predicted molar refractivity (Wildman–Crippen MR) is 142 cm³/mol. The van der Waals surface area contributed by atoms with Crippen LogP contribution >= 0.6 is 35.1 Å². The first-order valence-electron chi connectivity index (χ1n) is 11.5. The van der Waals surface area contributed by atoms with Crippen molar-refractivity contribution in [2.75, 3.05) is 16.4 Å². The number of hydrogen-bond donors (Lipinski definition) is 2. The van der Waals surface area contributed by atoms with E-state index in [4.69, 9.17) is 0 Å². The Balaban J connectivity index is 1.43. The van der Waals surface area contributed by atoms with Crippen LogP contribution in [0.2, 0.25) is 0 Å². The molecule has 1 aliphatic carbocycles. The number of aromatic nitrogens is 2. The minimum absolute atomic E-state index is 0.110. The smallest absolute Gasteiger partial charge is 0.244 e. The average molecular weight is 513 g/mol. The first kappa shape index (κ1) is 24.8. The summed E-state index contributed by atoms with van der Waals surface area (Å²) in [5, 5.41) is 6.71. The average Bonchev–Trinajstić information content (AvgIpc) is 3.31. The van der Waals surface area contributed by atoms with E-state index in [0.717, 1.165) is 47.6 Å². The van der Waals surface area contributed by atoms with Gasteiger partial charge in [0.2, 0.25) is 22.1 Å². The number of benzene rings is 2. The number of anilines is 2. The minimum Gasteiger partial charge on any atom is -0.326 e. The Labute approximate surface area is 212 Å². The van der Waals surface area contributed by atoms with Gasteiger partial charge >= 0.3 is 0 Å². The summed E-state index contributed by atoms with van der Waals surface area (Å²) in [6.45, 7) is 2.04. The van der Waals surface area contributed by atoms with Gasteiger partial charge in [-0.1, -0.05) is 68.3 Å². The van der Waals surface area contributed by atoms with E-state index in [0.29, 0.717) is 10.3 Å². The lowest BCUT2D eigenvalue weighted by Gasteiger charge is -2.21. The highest BCUT2D eigenvalue weighted by Crippen LogP contribution is 2.37. The number of rotatable bonds is 9. The van der Waals surface area contributed by atoms with Gasteiger partial charge in [-0.05, 0) is 48.4 Å². The summed E-state index contributed by atoms with van der Waals surface area (Å²) in [5.74, 6) is 0.962. The third-order valence-electron chi connectivity index (χ3n) is 5.60. The lowest BCUT2D eigenvalue weighted by Crippen LogP contribution is -2.24. The van der Waals surface area contributed by atoms with Crippen molar-refractivity contribution >= 4 is 57.7 Å². The highest BCUT2D eigenvalue weighted by Gasteiger charge is 2.24. The number of nitrogens with zero attached hydrogens (tertiary/aromatic N) is 2. The molecule has 34 heavy (non-hydrogen) atoms. The molecule has 1 atom stereocenters. The van der Waals surface area contributed by atoms with Crippen LogP contribution in [0.1, 0.15) is 49.8 Å². The number of amides is 2. The maximum absolute atomic E-state index is 13.2. The molecular weight excluding hydrogens is 485 g/mol. The highest BCUT2D eigenvalue weighted by molar-refractivity contribution is 8.00. The van der Waals surface area contributed by atoms with Gasteiger partial charge in [-0.25, -0.2) is 0 Å². The Morgan fingerprint density at radius 2 is 1.76 bits per heavy atom. The van der Waals surface area contributed by atoms with Gasteiger partial charge in [0.15, 0.2) is 0 Å². The summed E-state index contributed by atoms with van der Waals surface area (Å²) in [7, 11) is 0. The molecule has 0 saturated heterocycles. The van der Waals surface area contributed by atoms with Crippen molar-refractivity contribution < 1.29 is 9.59 Å². The summed E-state index contributed by atoms with van der Waals surface area (Å²) in [5.41, 5.74) is 1.70. The molecule has 9 heteroatoms. The third-order valence-corrected chi connectivity index (χ3v) is 8.34.